The zero-order valence-electron chi connectivity index (χ0n) is 33.0. The van der Waals surface area contributed by atoms with Crippen LogP contribution in [0, 0.1) is 0 Å². The summed E-state index contributed by atoms with van der Waals surface area (Å²) in [6.07, 6.45) is 7.92. The monoisotopic (exact) mass is 852 g/mol. The predicted molar refractivity (Wildman–Crippen MR) is 239 cm³/mol. The number of fused-ring (bicyclic) bond motifs is 2. The topological polar surface area (TPSA) is 158 Å². The molecule has 12 nitrogen and oxygen atoms in total. The van der Waals surface area contributed by atoms with E-state index < -0.39 is 0 Å². The number of hydrogen-bond donors (Lipinski definition) is 6. The SMILES string of the molecule is CC(C)NCCC(=O)Nc1sc2c(c1-c1nc(-c3cc(C4NCCc5c4sc(NC(=O)CCNC(C)C)c5-c4nc(-c5cccnc5)cs4)ccn3)cs1)CCNC2. The standard InChI is InChI=1S/C42H48N10O2S4/c1-23(2)45-16-10-33(53)51-41-35(27-8-13-44-20-32(27)57-41)39-50-31(22-56-39)29-18-25(7-14-47-29)37-38-28(9-15-48-37)36(42(58-38)52-34(54)11-17-46-24(3)4)40-49-30(21-55-40)26-6-5-12-43-19-26/h5-7,12,14,18-19,21-24,37,44-46,48H,8-11,13,15-17,20H2,1-4H3,(H,51,53)(H,52,54). The number of carbonyl (C=O) groups is 2. The maximum atomic E-state index is 13.3. The molecule has 6 aromatic heterocycles. The number of aromatic nitrogens is 4. The summed E-state index contributed by atoms with van der Waals surface area (Å²) in [6.45, 7) is 12.0. The van der Waals surface area contributed by atoms with Gasteiger partial charge in [0.1, 0.15) is 25.7 Å². The second-order valence-corrected chi connectivity index (χ2v) is 18.9. The number of anilines is 2. The molecule has 2 amide bonds. The Labute approximate surface area is 354 Å². The maximum Gasteiger partial charge on any atom is 0.226 e. The summed E-state index contributed by atoms with van der Waals surface area (Å²) in [5.74, 6) is -0.0288. The second-order valence-electron chi connectivity index (χ2n) is 15.0. The molecule has 0 fully saturated rings. The van der Waals surface area contributed by atoms with E-state index in [0.29, 0.717) is 38.0 Å². The molecule has 58 heavy (non-hydrogen) atoms. The third-order valence-electron chi connectivity index (χ3n) is 10.0. The summed E-state index contributed by atoms with van der Waals surface area (Å²) in [5, 5.41) is 28.0. The lowest BCUT2D eigenvalue weighted by atomic mass is 9.94. The highest BCUT2D eigenvalue weighted by atomic mass is 32.1. The minimum atomic E-state index is -0.109. The minimum absolute atomic E-state index is 0.00200. The minimum Gasteiger partial charge on any atom is -0.317 e. The first-order valence-corrected chi connectivity index (χ1v) is 23.2. The lowest BCUT2D eigenvalue weighted by molar-refractivity contribution is -0.116. The normalized spacial score (nSPS) is 15.1. The summed E-state index contributed by atoms with van der Waals surface area (Å²) in [5.41, 5.74) is 8.99. The van der Waals surface area contributed by atoms with E-state index >= 15 is 0 Å². The van der Waals surface area contributed by atoms with E-state index in [-0.39, 0.29) is 17.9 Å². The molecule has 1 atom stereocenters. The van der Waals surface area contributed by atoms with E-state index in [4.69, 9.17) is 15.0 Å². The molecule has 1 unspecified atom stereocenters. The summed E-state index contributed by atoms with van der Waals surface area (Å²) in [4.78, 5) is 48.2. The zero-order valence-corrected chi connectivity index (χ0v) is 36.3. The average Bonchev–Trinajstić information content (AvgIpc) is 4.03. The number of amides is 2. The first-order valence-electron chi connectivity index (χ1n) is 19.8. The Balaban J connectivity index is 1.09. The van der Waals surface area contributed by atoms with Gasteiger partial charge in [0.25, 0.3) is 0 Å². The van der Waals surface area contributed by atoms with Crippen LogP contribution in [-0.2, 0) is 29.0 Å². The van der Waals surface area contributed by atoms with E-state index in [0.717, 1.165) is 96.7 Å². The Hall–Kier alpha value is -4.26. The van der Waals surface area contributed by atoms with Gasteiger partial charge in [0.15, 0.2) is 0 Å². The molecule has 6 N–H and O–H groups in total. The highest BCUT2D eigenvalue weighted by Gasteiger charge is 2.32. The summed E-state index contributed by atoms with van der Waals surface area (Å²) >= 11 is 6.45. The Bertz CT molecular complexity index is 2380. The van der Waals surface area contributed by atoms with Gasteiger partial charge in [0.2, 0.25) is 11.8 Å². The van der Waals surface area contributed by atoms with Crippen LogP contribution in [0.5, 0.6) is 0 Å². The number of thiazole rings is 2. The van der Waals surface area contributed by atoms with Crippen LogP contribution in [-0.4, -0.2) is 70.0 Å². The molecule has 302 valence electrons. The number of nitrogens with one attached hydrogen (secondary N) is 6. The number of hydrogen-bond acceptors (Lipinski definition) is 14. The molecular weight excluding hydrogens is 805 g/mol. The van der Waals surface area contributed by atoms with Crippen molar-refractivity contribution in [3.8, 4) is 43.8 Å². The molecule has 0 spiro atoms. The van der Waals surface area contributed by atoms with Crippen LogP contribution in [0.25, 0.3) is 43.8 Å². The quantitative estimate of drug-likeness (QED) is 0.0605. The molecule has 0 saturated carbocycles. The third kappa shape index (κ3) is 9.14. The van der Waals surface area contributed by atoms with Gasteiger partial charge in [-0.05, 0) is 60.3 Å². The molecule has 8 rings (SSSR count). The predicted octanol–water partition coefficient (Wildman–Crippen LogP) is 7.71. The van der Waals surface area contributed by atoms with E-state index in [9.17, 15) is 9.59 Å². The Morgan fingerprint density at radius 2 is 1.48 bits per heavy atom. The van der Waals surface area contributed by atoms with Crippen molar-refractivity contribution in [2.75, 3.05) is 36.8 Å². The van der Waals surface area contributed by atoms with Gasteiger partial charge in [-0.25, -0.2) is 9.97 Å². The molecular formula is C42H48N10O2S4. The molecule has 8 heterocycles. The fourth-order valence-electron chi connectivity index (χ4n) is 7.27. The van der Waals surface area contributed by atoms with Crippen molar-refractivity contribution in [3.63, 3.8) is 0 Å². The lowest BCUT2D eigenvalue weighted by Gasteiger charge is -2.25. The van der Waals surface area contributed by atoms with Crippen molar-refractivity contribution in [1.29, 1.82) is 0 Å². The van der Waals surface area contributed by atoms with Crippen molar-refractivity contribution < 1.29 is 9.59 Å². The molecule has 2 aliphatic rings. The van der Waals surface area contributed by atoms with Gasteiger partial charge in [-0.3, -0.25) is 19.6 Å². The molecule has 2 aliphatic heterocycles. The van der Waals surface area contributed by atoms with E-state index in [1.54, 1.807) is 51.5 Å². The summed E-state index contributed by atoms with van der Waals surface area (Å²) in [7, 11) is 0. The highest BCUT2D eigenvalue weighted by Crippen LogP contribution is 2.49. The number of thiophene rings is 2. The molecule has 0 saturated heterocycles. The van der Waals surface area contributed by atoms with Crippen molar-refractivity contribution in [2.45, 2.75) is 78.0 Å². The average molecular weight is 853 g/mol. The van der Waals surface area contributed by atoms with Crippen molar-refractivity contribution in [1.82, 2.24) is 41.2 Å². The van der Waals surface area contributed by atoms with Gasteiger partial charge in [0, 0.05) is 107 Å². The number of nitrogens with zero attached hydrogens (tertiary/aromatic N) is 4. The first-order chi connectivity index (χ1) is 28.2. The number of pyridine rings is 2. The Morgan fingerprint density at radius 3 is 2.19 bits per heavy atom. The molecule has 0 bridgehead atoms. The van der Waals surface area contributed by atoms with Crippen molar-refractivity contribution >= 4 is 67.2 Å². The van der Waals surface area contributed by atoms with Crippen LogP contribution in [0.2, 0.25) is 0 Å². The van der Waals surface area contributed by atoms with Gasteiger partial charge in [-0.15, -0.1) is 45.3 Å². The van der Waals surface area contributed by atoms with Gasteiger partial charge in [-0.2, -0.15) is 0 Å². The first kappa shape index (κ1) is 40.5. The summed E-state index contributed by atoms with van der Waals surface area (Å²) in [6, 6.07) is 8.64. The third-order valence-corrected chi connectivity index (χ3v) is 14.1. The number of carbonyl (C=O) groups excluding carboxylic acids is 2. The van der Waals surface area contributed by atoms with Crippen LogP contribution >= 0.6 is 45.3 Å². The van der Waals surface area contributed by atoms with Gasteiger partial charge in [0.05, 0.1) is 17.4 Å². The van der Waals surface area contributed by atoms with Crippen LogP contribution in [0.3, 0.4) is 0 Å². The molecule has 16 heteroatoms. The van der Waals surface area contributed by atoms with Crippen LogP contribution in [0.1, 0.15) is 73.0 Å². The lowest BCUT2D eigenvalue weighted by Crippen LogP contribution is -2.29. The molecule has 6 aromatic rings. The molecule has 0 aliphatic carbocycles. The van der Waals surface area contributed by atoms with Gasteiger partial charge in [-0.1, -0.05) is 27.7 Å². The Morgan fingerprint density at radius 1 is 0.810 bits per heavy atom. The smallest absolute Gasteiger partial charge is 0.226 e. The highest BCUT2D eigenvalue weighted by molar-refractivity contribution is 7.19. The van der Waals surface area contributed by atoms with Crippen molar-refractivity contribution in [2.24, 2.45) is 0 Å². The fourth-order valence-corrected chi connectivity index (χ4v) is 11.8. The fraction of sp³-hybridized carbons (Fsp3) is 0.381. The summed E-state index contributed by atoms with van der Waals surface area (Å²) < 4.78 is 0. The van der Waals surface area contributed by atoms with E-state index in [1.807, 2.05) is 24.5 Å². The van der Waals surface area contributed by atoms with Crippen LogP contribution < -0.4 is 31.9 Å². The van der Waals surface area contributed by atoms with Crippen LogP contribution in [0.15, 0.2) is 53.6 Å². The maximum absolute atomic E-state index is 13.3. The van der Waals surface area contributed by atoms with Crippen LogP contribution in [0.4, 0.5) is 10.0 Å². The van der Waals surface area contributed by atoms with Gasteiger partial charge < -0.3 is 31.9 Å². The molecule has 0 radical (unpaired) electrons. The second kappa shape index (κ2) is 18.3. The Kier molecular flexibility index (Phi) is 12.8. The van der Waals surface area contributed by atoms with E-state index in [1.165, 1.54) is 16.0 Å². The number of rotatable bonds is 15. The largest absolute Gasteiger partial charge is 0.317 e. The zero-order chi connectivity index (χ0) is 40.2. The van der Waals surface area contributed by atoms with E-state index in [2.05, 4.69) is 87.5 Å². The van der Waals surface area contributed by atoms with Gasteiger partial charge >= 0.3 is 0 Å². The molecule has 0 aromatic carbocycles. The van der Waals surface area contributed by atoms with Crippen molar-refractivity contribution in [3.05, 3.63) is 80.1 Å².